The molecule has 34 heavy (non-hydrogen) atoms. The molecule has 176 valence electrons. The second-order valence-corrected chi connectivity index (χ2v) is 8.73. The van der Waals surface area contributed by atoms with E-state index in [1.54, 1.807) is 26.0 Å². The van der Waals surface area contributed by atoms with Crippen molar-refractivity contribution in [3.05, 3.63) is 76.1 Å². The van der Waals surface area contributed by atoms with E-state index in [-0.39, 0.29) is 36.0 Å². The number of nitrogens with one attached hydrogen (secondary N) is 3. The van der Waals surface area contributed by atoms with Gasteiger partial charge in [-0.25, -0.2) is 4.39 Å². The van der Waals surface area contributed by atoms with Crippen molar-refractivity contribution in [3.8, 4) is 5.75 Å². The molecule has 8 heteroatoms. The van der Waals surface area contributed by atoms with Crippen LogP contribution in [0.15, 0.2) is 53.6 Å². The topological polar surface area (TPSA) is 96.5 Å². The Kier molecular flexibility index (Phi) is 6.49. The molecule has 2 aliphatic rings. The molecule has 0 radical (unpaired) electrons. The minimum Gasteiger partial charge on any atom is -0.482 e. The van der Waals surface area contributed by atoms with Crippen LogP contribution in [0.5, 0.6) is 5.75 Å². The van der Waals surface area contributed by atoms with Gasteiger partial charge in [0.05, 0.1) is 5.70 Å². The van der Waals surface area contributed by atoms with E-state index in [9.17, 15) is 18.8 Å². The number of ether oxygens (including phenoxy) is 1. The van der Waals surface area contributed by atoms with Crippen LogP contribution >= 0.6 is 0 Å². The van der Waals surface area contributed by atoms with Gasteiger partial charge in [0.25, 0.3) is 5.91 Å². The fourth-order valence-electron chi connectivity index (χ4n) is 3.97. The van der Waals surface area contributed by atoms with Crippen LogP contribution in [-0.4, -0.2) is 36.8 Å². The molecular formula is C26H26FN3O4. The van der Waals surface area contributed by atoms with Gasteiger partial charge in [0, 0.05) is 47.5 Å². The molecular weight excluding hydrogens is 437 g/mol. The number of ketones is 1. The molecule has 1 atom stereocenters. The summed E-state index contributed by atoms with van der Waals surface area (Å²) in [6, 6.07) is 9.22. The Labute approximate surface area is 197 Å². The van der Waals surface area contributed by atoms with Crippen LogP contribution in [0.2, 0.25) is 0 Å². The van der Waals surface area contributed by atoms with Crippen LogP contribution < -0.4 is 20.7 Å². The zero-order valence-corrected chi connectivity index (χ0v) is 19.3. The monoisotopic (exact) mass is 463 g/mol. The maximum absolute atomic E-state index is 14.1. The Morgan fingerprint density at radius 1 is 1.21 bits per heavy atom. The number of amides is 2. The number of rotatable bonds is 6. The summed E-state index contributed by atoms with van der Waals surface area (Å²) >= 11 is 0. The standard InChI is InChI=1S/C26H26FN3O4/c1-14(2)8-19(31)13-34-23-11-18(6-7-22(23)27)30-25(32)17-5-4-16-9-21-24(20(16)10-17)28-12-15(3)29-26(21)33/h4-8,10-11,15,28H,9,12-13H2,1-3H3,(H,29,33)(H,30,32)/t15-/m1/s1. The van der Waals surface area contributed by atoms with E-state index in [1.807, 2.05) is 13.0 Å². The van der Waals surface area contributed by atoms with Crippen LogP contribution in [0.4, 0.5) is 10.1 Å². The third-order valence-electron chi connectivity index (χ3n) is 5.56. The molecule has 7 nitrogen and oxygen atoms in total. The third kappa shape index (κ3) is 5.01. The quantitative estimate of drug-likeness (QED) is 0.571. The van der Waals surface area contributed by atoms with Gasteiger partial charge in [0.15, 0.2) is 24.0 Å². The summed E-state index contributed by atoms with van der Waals surface area (Å²) < 4.78 is 19.4. The summed E-state index contributed by atoms with van der Waals surface area (Å²) in [6.07, 6.45) is 1.92. The van der Waals surface area contributed by atoms with E-state index in [1.165, 1.54) is 24.3 Å². The van der Waals surface area contributed by atoms with Gasteiger partial charge in [-0.2, -0.15) is 0 Å². The average Bonchev–Trinajstić information content (AvgIpc) is 3.08. The zero-order valence-electron chi connectivity index (χ0n) is 19.3. The number of benzene rings is 2. The number of halogens is 1. The largest absolute Gasteiger partial charge is 0.482 e. The zero-order chi connectivity index (χ0) is 24.4. The van der Waals surface area contributed by atoms with Crippen LogP contribution in [0, 0.1) is 5.82 Å². The van der Waals surface area contributed by atoms with Gasteiger partial charge >= 0.3 is 0 Å². The van der Waals surface area contributed by atoms with Gasteiger partial charge in [-0.1, -0.05) is 11.6 Å². The molecule has 0 bridgehead atoms. The number of hydrogen-bond acceptors (Lipinski definition) is 5. The summed E-state index contributed by atoms with van der Waals surface area (Å²) in [6.45, 7) is 5.78. The average molecular weight is 464 g/mol. The van der Waals surface area contributed by atoms with E-state index in [4.69, 9.17) is 4.74 Å². The first-order valence-corrected chi connectivity index (χ1v) is 11.0. The van der Waals surface area contributed by atoms with Gasteiger partial charge in [-0.15, -0.1) is 0 Å². The number of anilines is 1. The molecule has 0 aromatic heterocycles. The van der Waals surface area contributed by atoms with Crippen LogP contribution in [0.1, 0.15) is 42.3 Å². The van der Waals surface area contributed by atoms with Gasteiger partial charge in [-0.05, 0) is 56.7 Å². The van der Waals surface area contributed by atoms with Crippen molar-refractivity contribution in [1.82, 2.24) is 10.6 Å². The lowest BCUT2D eigenvalue weighted by Crippen LogP contribution is -2.36. The van der Waals surface area contributed by atoms with E-state index in [0.717, 1.165) is 22.4 Å². The number of carbonyl (C=O) groups is 3. The summed E-state index contributed by atoms with van der Waals surface area (Å²) in [7, 11) is 0. The first kappa shape index (κ1) is 23.2. The van der Waals surface area contributed by atoms with Crippen LogP contribution in [-0.2, 0) is 16.0 Å². The maximum atomic E-state index is 14.1. The van der Waals surface area contributed by atoms with Crippen molar-refractivity contribution >= 4 is 29.0 Å². The molecule has 0 saturated carbocycles. The van der Waals surface area contributed by atoms with Crippen molar-refractivity contribution in [2.75, 3.05) is 18.5 Å². The van der Waals surface area contributed by atoms with Crippen molar-refractivity contribution < 1.29 is 23.5 Å². The fraction of sp³-hybridized carbons (Fsp3) is 0.269. The normalized spacial score (nSPS) is 16.5. The second kappa shape index (κ2) is 9.51. The molecule has 0 fully saturated rings. The van der Waals surface area contributed by atoms with Crippen molar-refractivity contribution in [2.45, 2.75) is 33.2 Å². The second-order valence-electron chi connectivity index (χ2n) is 8.73. The Morgan fingerprint density at radius 3 is 2.76 bits per heavy atom. The Bertz CT molecular complexity index is 1240. The van der Waals surface area contributed by atoms with E-state index >= 15 is 0 Å². The Morgan fingerprint density at radius 2 is 2.00 bits per heavy atom. The SMILES string of the molecule is CC(C)=CC(=O)COc1cc(NC(=O)c2ccc3c(c2)C2=C(C3)C(=O)N[C@H](C)CN2)ccc1F. The number of fused-ring (bicyclic) bond motifs is 2. The van der Waals surface area contributed by atoms with Gasteiger partial charge in [0.1, 0.15) is 0 Å². The lowest BCUT2D eigenvalue weighted by atomic mass is 10.0. The molecule has 2 amide bonds. The predicted octanol–water partition coefficient (Wildman–Crippen LogP) is 3.37. The molecule has 0 saturated heterocycles. The van der Waals surface area contributed by atoms with Gasteiger partial charge in [-0.3, -0.25) is 14.4 Å². The van der Waals surface area contributed by atoms with Crippen molar-refractivity contribution in [3.63, 3.8) is 0 Å². The summed E-state index contributed by atoms with van der Waals surface area (Å²) in [5, 5.41) is 9.01. The lowest BCUT2D eigenvalue weighted by Gasteiger charge is -2.14. The highest BCUT2D eigenvalue weighted by atomic mass is 19.1. The molecule has 2 aromatic rings. The maximum Gasteiger partial charge on any atom is 0.255 e. The van der Waals surface area contributed by atoms with Crippen LogP contribution in [0.3, 0.4) is 0 Å². The first-order valence-electron chi connectivity index (χ1n) is 11.0. The fourth-order valence-corrected chi connectivity index (χ4v) is 3.97. The van der Waals surface area contributed by atoms with E-state index in [2.05, 4.69) is 16.0 Å². The van der Waals surface area contributed by atoms with E-state index < -0.39 is 5.82 Å². The minimum atomic E-state index is -0.632. The first-order chi connectivity index (χ1) is 16.2. The summed E-state index contributed by atoms with van der Waals surface area (Å²) in [5.74, 6) is -1.53. The van der Waals surface area contributed by atoms with Crippen molar-refractivity contribution in [1.29, 1.82) is 0 Å². The molecule has 2 aromatic carbocycles. The minimum absolute atomic E-state index is 0.000217. The molecule has 0 spiro atoms. The number of allylic oxidation sites excluding steroid dienone is 1. The number of carbonyl (C=O) groups excluding carboxylic acids is 3. The van der Waals surface area contributed by atoms with Crippen LogP contribution in [0.25, 0.3) is 5.70 Å². The van der Waals surface area contributed by atoms with Crippen molar-refractivity contribution in [2.24, 2.45) is 0 Å². The molecule has 4 rings (SSSR count). The highest BCUT2D eigenvalue weighted by Gasteiger charge is 2.30. The highest BCUT2D eigenvalue weighted by molar-refractivity contribution is 6.07. The Balaban J connectivity index is 1.50. The summed E-state index contributed by atoms with van der Waals surface area (Å²) in [5.41, 5.74) is 4.77. The smallest absolute Gasteiger partial charge is 0.255 e. The highest BCUT2D eigenvalue weighted by Crippen LogP contribution is 2.33. The molecule has 1 aliphatic heterocycles. The molecule has 1 heterocycles. The van der Waals surface area contributed by atoms with Gasteiger partial charge < -0.3 is 20.7 Å². The predicted molar refractivity (Wildman–Crippen MR) is 127 cm³/mol. The molecule has 1 aliphatic carbocycles. The molecule has 3 N–H and O–H groups in total. The third-order valence-corrected chi connectivity index (χ3v) is 5.56. The molecule has 0 unspecified atom stereocenters. The van der Waals surface area contributed by atoms with Gasteiger partial charge in [0.2, 0.25) is 5.91 Å². The Hall–Kier alpha value is -3.94. The van der Waals surface area contributed by atoms with E-state index in [0.29, 0.717) is 29.8 Å². The summed E-state index contributed by atoms with van der Waals surface area (Å²) in [4.78, 5) is 37.2. The number of hydrogen-bond donors (Lipinski definition) is 3. The lowest BCUT2D eigenvalue weighted by molar-refractivity contribution is -0.118.